The van der Waals surface area contributed by atoms with E-state index in [0.29, 0.717) is 19.3 Å². The molecule has 0 aliphatic rings. The number of carbonyl (C=O) groups is 6. The molecule has 0 amide bonds. The van der Waals surface area contributed by atoms with Crippen molar-refractivity contribution in [3.63, 3.8) is 0 Å². The molecule has 0 atom stereocenters. The van der Waals surface area contributed by atoms with Gasteiger partial charge in [-0.15, -0.1) is 0 Å². The van der Waals surface area contributed by atoms with Gasteiger partial charge >= 0.3 is 17.9 Å². The van der Waals surface area contributed by atoms with Gasteiger partial charge in [0.25, 0.3) is 0 Å². The van der Waals surface area contributed by atoms with Crippen LogP contribution in [0.2, 0.25) is 0 Å². The number of aliphatic carboxylic acids is 3. The third-order valence-corrected chi connectivity index (χ3v) is 2.23. The maximum atomic E-state index is 10.2. The van der Waals surface area contributed by atoms with Gasteiger partial charge in [0.1, 0.15) is 36.6 Å². The average Bonchev–Trinajstić information content (AvgIpc) is 2.46. The first-order valence-electron chi connectivity index (χ1n) is 7.20. The molecule has 9 nitrogen and oxygen atoms in total. The molecule has 0 aliphatic carbocycles. The zero-order valence-electron chi connectivity index (χ0n) is 14.6. The molecule has 10 heteroatoms. The summed E-state index contributed by atoms with van der Waals surface area (Å²) < 4.78 is 0. The molecule has 3 N–H and O–H groups in total. The van der Waals surface area contributed by atoms with Crippen molar-refractivity contribution in [2.45, 2.75) is 59.3 Å². The minimum Gasteiger partial charge on any atom is -0.481 e. The molecule has 0 unspecified atom stereocenters. The van der Waals surface area contributed by atoms with E-state index in [-0.39, 0.29) is 69.3 Å². The van der Waals surface area contributed by atoms with Crippen LogP contribution in [-0.4, -0.2) is 50.6 Å². The van der Waals surface area contributed by atoms with Gasteiger partial charge in [-0.3, -0.25) is 28.8 Å². The molecule has 0 rings (SSSR count). The van der Waals surface area contributed by atoms with Crippen LogP contribution < -0.4 is 0 Å². The standard InChI is InChI=1S/3C5H8O3.Y/c3*1-2-4(6)3-5(7)8;/h3*2-3H2,1H3,(H,7,8);. The van der Waals surface area contributed by atoms with Crippen LogP contribution in [0.3, 0.4) is 0 Å². The second-order valence-corrected chi connectivity index (χ2v) is 4.39. The topological polar surface area (TPSA) is 163 Å². The Kier molecular flexibility index (Phi) is 25.8. The van der Waals surface area contributed by atoms with Gasteiger partial charge in [-0.2, -0.15) is 0 Å². The van der Waals surface area contributed by atoms with E-state index >= 15 is 0 Å². The Morgan fingerprint density at radius 2 is 0.680 bits per heavy atom. The number of Topliss-reactive ketones (excluding diaryl/α,β-unsaturated/α-hetero) is 3. The van der Waals surface area contributed by atoms with Crippen LogP contribution in [0, 0.1) is 0 Å². The molecule has 0 aromatic rings. The Morgan fingerprint density at radius 1 is 0.520 bits per heavy atom. The predicted molar refractivity (Wildman–Crippen MR) is 82.7 cm³/mol. The fraction of sp³-hybridized carbons (Fsp3) is 0.600. The van der Waals surface area contributed by atoms with Gasteiger partial charge < -0.3 is 15.3 Å². The van der Waals surface area contributed by atoms with Gasteiger partial charge in [0, 0.05) is 52.0 Å². The molecule has 0 aromatic carbocycles. The third-order valence-electron chi connectivity index (χ3n) is 2.23. The first-order valence-corrected chi connectivity index (χ1v) is 7.20. The van der Waals surface area contributed by atoms with Crippen LogP contribution in [0.5, 0.6) is 0 Å². The molecule has 0 fully saturated rings. The number of hydrogen-bond acceptors (Lipinski definition) is 6. The molecule has 0 heterocycles. The Bertz CT molecular complexity index is 391. The van der Waals surface area contributed by atoms with E-state index in [4.69, 9.17) is 15.3 Å². The normalized spacial score (nSPS) is 8.28. The van der Waals surface area contributed by atoms with E-state index in [1.54, 1.807) is 20.8 Å². The van der Waals surface area contributed by atoms with Crippen molar-refractivity contribution in [1.82, 2.24) is 0 Å². The molecular formula is C15H24O9Y. The van der Waals surface area contributed by atoms with Gasteiger partial charge in [0.2, 0.25) is 0 Å². The predicted octanol–water partition coefficient (Wildman–Crippen LogP) is 1.32. The second kappa shape index (κ2) is 20.6. The number of rotatable bonds is 9. The van der Waals surface area contributed by atoms with Crippen LogP contribution in [0.4, 0.5) is 0 Å². The molecule has 0 saturated carbocycles. The van der Waals surface area contributed by atoms with E-state index in [0.717, 1.165) is 0 Å². The Hall–Kier alpha value is -1.48. The molecule has 141 valence electrons. The summed E-state index contributed by atoms with van der Waals surface area (Å²) in [5, 5.41) is 24.0. The van der Waals surface area contributed by atoms with Gasteiger partial charge in [-0.25, -0.2) is 0 Å². The van der Waals surface area contributed by atoms with Crippen molar-refractivity contribution < 1.29 is 76.8 Å². The number of carboxylic acid groups (broad SMARTS) is 3. The fourth-order valence-electron chi connectivity index (χ4n) is 0.881. The van der Waals surface area contributed by atoms with Crippen LogP contribution in [-0.2, 0) is 61.5 Å². The van der Waals surface area contributed by atoms with Gasteiger partial charge in [-0.05, 0) is 0 Å². The minimum absolute atomic E-state index is 0. The van der Waals surface area contributed by atoms with Crippen molar-refractivity contribution in [3.05, 3.63) is 0 Å². The molecule has 0 aliphatic heterocycles. The quantitative estimate of drug-likeness (QED) is 0.451. The van der Waals surface area contributed by atoms with Crippen LogP contribution in [0.15, 0.2) is 0 Å². The number of hydrogen-bond donors (Lipinski definition) is 3. The first kappa shape index (κ1) is 31.3. The van der Waals surface area contributed by atoms with Crippen molar-refractivity contribution in [3.8, 4) is 0 Å². The minimum atomic E-state index is -1.04. The second-order valence-electron chi connectivity index (χ2n) is 4.39. The van der Waals surface area contributed by atoms with Crippen LogP contribution >= 0.6 is 0 Å². The maximum Gasteiger partial charge on any atom is 0.310 e. The summed E-state index contributed by atoms with van der Waals surface area (Å²) in [7, 11) is 0. The average molecular weight is 437 g/mol. The molecule has 0 spiro atoms. The van der Waals surface area contributed by atoms with Crippen molar-refractivity contribution in [2.24, 2.45) is 0 Å². The molecule has 0 saturated heterocycles. The zero-order chi connectivity index (χ0) is 19.7. The molecule has 25 heavy (non-hydrogen) atoms. The van der Waals surface area contributed by atoms with Crippen LogP contribution in [0.25, 0.3) is 0 Å². The molecule has 0 aromatic heterocycles. The smallest absolute Gasteiger partial charge is 0.310 e. The zero-order valence-corrected chi connectivity index (χ0v) is 17.4. The van der Waals surface area contributed by atoms with Gasteiger partial charge in [-0.1, -0.05) is 20.8 Å². The van der Waals surface area contributed by atoms with E-state index in [1.165, 1.54) is 0 Å². The summed E-state index contributed by atoms with van der Waals surface area (Å²) in [6.07, 6.45) is -0.0750. The van der Waals surface area contributed by atoms with Gasteiger partial charge in [0.05, 0.1) is 0 Å². The Balaban J connectivity index is -0.000000130. The molecular weight excluding hydrogens is 413 g/mol. The molecule has 0 bridgehead atoms. The largest absolute Gasteiger partial charge is 0.481 e. The van der Waals surface area contributed by atoms with E-state index < -0.39 is 17.9 Å². The summed E-state index contributed by atoms with van der Waals surface area (Å²) in [6, 6.07) is 0. The SMILES string of the molecule is CCC(=O)CC(=O)O.CCC(=O)CC(=O)O.CCC(=O)CC(=O)O.[Y]. The van der Waals surface area contributed by atoms with Crippen molar-refractivity contribution in [1.29, 1.82) is 0 Å². The van der Waals surface area contributed by atoms with Crippen LogP contribution in [0.1, 0.15) is 59.3 Å². The Labute approximate surface area is 171 Å². The van der Waals surface area contributed by atoms with E-state index in [9.17, 15) is 28.8 Å². The first-order chi connectivity index (χ1) is 11.0. The summed E-state index contributed by atoms with van der Waals surface area (Å²) in [5.74, 6) is -3.81. The number of ketones is 3. The monoisotopic (exact) mass is 437 g/mol. The van der Waals surface area contributed by atoms with Crippen molar-refractivity contribution in [2.75, 3.05) is 0 Å². The fourth-order valence-corrected chi connectivity index (χ4v) is 0.881. The number of carboxylic acids is 3. The third kappa shape index (κ3) is 34.7. The summed E-state index contributed by atoms with van der Waals surface area (Å²) in [5.41, 5.74) is 0. The summed E-state index contributed by atoms with van der Waals surface area (Å²) in [4.78, 5) is 60.0. The summed E-state index contributed by atoms with van der Waals surface area (Å²) >= 11 is 0. The number of carbonyl (C=O) groups excluding carboxylic acids is 3. The van der Waals surface area contributed by atoms with E-state index in [1.807, 2.05) is 0 Å². The molecule has 1 radical (unpaired) electrons. The summed E-state index contributed by atoms with van der Waals surface area (Å²) in [6.45, 7) is 4.93. The maximum absolute atomic E-state index is 10.2. The van der Waals surface area contributed by atoms with Crippen molar-refractivity contribution >= 4 is 35.3 Å². The van der Waals surface area contributed by atoms with E-state index in [2.05, 4.69) is 0 Å². The Morgan fingerprint density at radius 3 is 0.720 bits per heavy atom. The van der Waals surface area contributed by atoms with Gasteiger partial charge in [0.15, 0.2) is 0 Å².